The van der Waals surface area contributed by atoms with Gasteiger partial charge in [-0.05, 0) is 42.8 Å². The number of hydrogen-bond acceptors (Lipinski definition) is 7. The summed E-state index contributed by atoms with van der Waals surface area (Å²) in [6.45, 7) is 1.55. The van der Waals surface area contributed by atoms with E-state index in [1.165, 1.54) is 20.8 Å². The van der Waals surface area contributed by atoms with Crippen LogP contribution in [-0.4, -0.2) is 53.1 Å². The van der Waals surface area contributed by atoms with Gasteiger partial charge < -0.3 is 14.6 Å². The van der Waals surface area contributed by atoms with Crippen LogP contribution in [0, 0.1) is 0 Å². The Morgan fingerprint density at radius 1 is 1.35 bits per heavy atom. The Labute approximate surface area is 162 Å². The van der Waals surface area contributed by atoms with E-state index in [1.807, 2.05) is 0 Å². The Hall–Kier alpha value is -2.49. The van der Waals surface area contributed by atoms with E-state index in [-0.39, 0.29) is 9.50 Å². The summed E-state index contributed by atoms with van der Waals surface area (Å²) in [6.07, 6.45) is -1.39. The summed E-state index contributed by atoms with van der Waals surface area (Å²) in [5.41, 5.74) is -2.45. The number of pyridine rings is 1. The van der Waals surface area contributed by atoms with Crippen molar-refractivity contribution in [1.82, 2.24) is 4.98 Å². The second-order valence-corrected chi connectivity index (χ2v) is 6.83. The van der Waals surface area contributed by atoms with E-state index in [4.69, 9.17) is 8.85 Å². The van der Waals surface area contributed by atoms with Gasteiger partial charge in [0.2, 0.25) is 5.78 Å². The Kier molecular flexibility index (Phi) is 5.38. The summed E-state index contributed by atoms with van der Waals surface area (Å²) in [6, 6.07) is 1.02. The predicted octanol–water partition coefficient (Wildman–Crippen LogP) is 2.66. The van der Waals surface area contributed by atoms with E-state index in [2.05, 4.69) is 25.7 Å². The number of ketones is 1. The van der Waals surface area contributed by atoms with Crippen LogP contribution in [0.2, 0.25) is 0 Å². The van der Waals surface area contributed by atoms with Crippen LogP contribution < -0.4 is 4.90 Å². The number of Topliss-reactive ketones (excluding diaryl/α,β-unsaturated/α-hetero) is 1. The predicted molar refractivity (Wildman–Crippen MR) is 94.5 cm³/mol. The van der Waals surface area contributed by atoms with Crippen LogP contribution >= 0.6 is 15.9 Å². The summed E-state index contributed by atoms with van der Waals surface area (Å²) in [5.74, 6) is -4.26. The Morgan fingerprint density at radius 2 is 1.96 bits per heavy atom. The lowest BCUT2D eigenvalue weighted by atomic mass is 10.1. The fraction of sp³-hybridized carbons (Fsp3) is 0.438. The van der Waals surface area contributed by atoms with Gasteiger partial charge in [-0.1, -0.05) is 0 Å². The number of aromatic nitrogens is 1. The van der Waals surface area contributed by atoms with Gasteiger partial charge in [0, 0.05) is 23.6 Å². The summed E-state index contributed by atoms with van der Waals surface area (Å²) in [7, 11) is 0. The van der Waals surface area contributed by atoms with Gasteiger partial charge in [0.15, 0.2) is 12.4 Å². The maximum atomic E-state index is 12.5. The summed E-state index contributed by atoms with van der Waals surface area (Å²) in [5, 5.41) is 9.61. The number of amides is 1. The average molecular weight is 434 g/mol. The van der Waals surface area contributed by atoms with Crippen LogP contribution in [0.3, 0.4) is 0 Å². The van der Waals surface area contributed by atoms with Crippen molar-refractivity contribution in [2.75, 3.05) is 18.5 Å². The number of carboxylic acid groups (broad SMARTS) is 1. The van der Waals surface area contributed by atoms with Crippen molar-refractivity contribution in [1.29, 1.82) is 0 Å². The number of ether oxygens (including phenoxy) is 2. The van der Waals surface area contributed by atoms with Crippen molar-refractivity contribution in [3.8, 4) is 0 Å². The van der Waals surface area contributed by atoms with E-state index in [9.17, 15) is 24.3 Å². The Balaban J connectivity index is 3.69. The minimum Gasteiger partial charge on any atom is -0.478 e. The maximum absolute atomic E-state index is 12.5. The number of nitrogens with zero attached hydrogens (tertiary/aromatic N) is 2. The molecular weight excluding hydrogens is 412 g/mol. The quantitative estimate of drug-likeness (QED) is 0.426. The van der Waals surface area contributed by atoms with Gasteiger partial charge >= 0.3 is 18.0 Å². The van der Waals surface area contributed by atoms with Gasteiger partial charge in [-0.3, -0.25) is 14.5 Å². The number of rotatable bonds is 5. The van der Waals surface area contributed by atoms with E-state index >= 15 is 0 Å². The summed E-state index contributed by atoms with van der Waals surface area (Å²) in [4.78, 5) is 51.6. The zero-order chi connectivity index (χ0) is 22.7. The van der Waals surface area contributed by atoms with Gasteiger partial charge in [-0.2, -0.15) is 0 Å². The topological polar surface area (TPSA) is 123 Å². The molecule has 0 unspecified atom stereocenters. The van der Waals surface area contributed by atoms with Crippen molar-refractivity contribution < 1.29 is 37.9 Å². The van der Waals surface area contributed by atoms with Crippen molar-refractivity contribution in [3.63, 3.8) is 0 Å². The largest absolute Gasteiger partial charge is 0.478 e. The van der Waals surface area contributed by atoms with E-state index in [0.29, 0.717) is 0 Å². The molecule has 26 heavy (non-hydrogen) atoms. The van der Waals surface area contributed by atoms with Gasteiger partial charge in [0.25, 0.3) is 0 Å². The van der Waals surface area contributed by atoms with E-state index < -0.39 is 59.9 Å². The van der Waals surface area contributed by atoms with Gasteiger partial charge in [-0.15, -0.1) is 0 Å². The van der Waals surface area contributed by atoms with Gasteiger partial charge in [0.1, 0.15) is 15.8 Å². The van der Waals surface area contributed by atoms with Crippen molar-refractivity contribution in [2.24, 2.45) is 0 Å². The average Bonchev–Trinajstić information content (AvgIpc) is 2.48. The Morgan fingerprint density at radius 3 is 2.42 bits per heavy atom. The second-order valence-electron chi connectivity index (χ2n) is 6.02. The number of carboxylic acids is 1. The fourth-order valence-electron chi connectivity index (χ4n) is 1.73. The first-order valence-corrected chi connectivity index (χ1v) is 7.97. The molecule has 0 aliphatic carbocycles. The molecule has 1 amide bonds. The summed E-state index contributed by atoms with van der Waals surface area (Å²) < 4.78 is 32.4. The molecule has 1 rings (SSSR count). The molecule has 0 atom stereocenters. The minimum absolute atomic E-state index is 0.0784. The number of carbonyl (C=O) groups is 4. The molecule has 9 nitrogen and oxygen atoms in total. The third-order valence-electron chi connectivity index (χ3n) is 2.68. The fourth-order valence-corrected chi connectivity index (χ4v) is 2.13. The highest BCUT2D eigenvalue weighted by atomic mass is 79.9. The molecule has 1 heterocycles. The number of hydrogen-bond donors (Lipinski definition) is 1. The lowest BCUT2D eigenvalue weighted by molar-refractivity contribution is -0.139. The first kappa shape index (κ1) is 17.0. The zero-order valence-electron chi connectivity index (χ0n) is 17.5. The minimum atomic E-state index is -3.18. The van der Waals surface area contributed by atoms with Crippen molar-refractivity contribution >= 4 is 45.6 Å². The lowest BCUT2D eigenvalue weighted by Gasteiger charge is -2.25. The third-order valence-corrected chi connectivity index (χ3v) is 3.08. The van der Waals surface area contributed by atoms with Gasteiger partial charge in [0.05, 0.1) is 0 Å². The van der Waals surface area contributed by atoms with Crippen molar-refractivity contribution in [2.45, 2.75) is 33.3 Å². The number of carbonyl (C=O) groups excluding carboxylic acids is 3. The van der Waals surface area contributed by atoms with Gasteiger partial charge in [-0.25, -0.2) is 14.6 Å². The monoisotopic (exact) mass is 433 g/mol. The smallest absolute Gasteiger partial charge is 0.415 e. The normalized spacial score (nSPS) is 13.0. The van der Waals surface area contributed by atoms with Crippen LogP contribution in [0.25, 0.3) is 0 Å². The maximum Gasteiger partial charge on any atom is 0.415 e. The second kappa shape index (κ2) is 8.26. The van der Waals surface area contributed by atoms with E-state index in [1.54, 1.807) is 0 Å². The SMILES string of the molecule is [2H]C([2H])([2H])N(C(=O)OC(C)(C)C)c1nc(Br)cc(C(=O)COC(C)=O)c1C(=O)O. The molecular formula is C16H19BrN2O7. The zero-order valence-corrected chi connectivity index (χ0v) is 16.0. The van der Waals surface area contributed by atoms with Crippen molar-refractivity contribution in [3.05, 3.63) is 21.8 Å². The molecule has 0 radical (unpaired) electrons. The van der Waals surface area contributed by atoms with Crippen LogP contribution in [0.15, 0.2) is 10.7 Å². The van der Waals surface area contributed by atoms with E-state index in [0.717, 1.165) is 13.0 Å². The Bertz CT molecular complexity index is 850. The molecule has 0 saturated carbocycles. The number of anilines is 1. The molecule has 142 valence electrons. The highest BCUT2D eigenvalue weighted by molar-refractivity contribution is 9.10. The molecule has 1 N–H and O–H groups in total. The molecule has 0 aromatic carbocycles. The molecule has 10 heteroatoms. The first-order chi connectivity index (χ1) is 13.0. The number of esters is 1. The number of aromatic carboxylic acids is 1. The molecule has 0 bridgehead atoms. The first-order valence-electron chi connectivity index (χ1n) is 8.68. The third kappa shape index (κ3) is 5.80. The highest BCUT2D eigenvalue weighted by Gasteiger charge is 2.29. The summed E-state index contributed by atoms with van der Waals surface area (Å²) >= 11 is 2.96. The highest BCUT2D eigenvalue weighted by Crippen LogP contribution is 2.27. The standard InChI is InChI=1S/C16H19BrN2O7/c1-8(20)25-7-10(21)9-6-11(17)18-13(12(9)14(22)23)19(5)15(24)26-16(2,3)4/h6H,7H2,1-5H3,(H,22,23)/i5D3. The lowest BCUT2D eigenvalue weighted by Crippen LogP contribution is -2.36. The van der Waals surface area contributed by atoms with Crippen LogP contribution in [0.1, 0.15) is 52.5 Å². The molecule has 0 aliphatic rings. The molecule has 1 aromatic heterocycles. The molecule has 1 aromatic rings. The van der Waals surface area contributed by atoms with Crippen LogP contribution in [0.4, 0.5) is 10.6 Å². The number of halogens is 1. The van der Waals surface area contributed by atoms with Crippen LogP contribution in [-0.2, 0) is 14.3 Å². The molecule has 0 saturated heterocycles. The molecule has 0 fully saturated rings. The molecule has 0 spiro atoms. The molecule has 0 aliphatic heterocycles. The van der Waals surface area contributed by atoms with Crippen LogP contribution in [0.5, 0.6) is 0 Å².